The van der Waals surface area contributed by atoms with E-state index in [2.05, 4.69) is 146 Å². The van der Waals surface area contributed by atoms with E-state index in [1.807, 2.05) is 0 Å². The van der Waals surface area contributed by atoms with Gasteiger partial charge in [0.1, 0.15) is 0 Å². The number of para-hydroxylation sites is 2. The predicted octanol–water partition coefficient (Wildman–Crippen LogP) is 4.70. The molecule has 0 saturated heterocycles. The molecule has 0 atom stereocenters. The third-order valence-electron chi connectivity index (χ3n) is 8.55. The largest absolute Gasteiger partial charge is 1.00 e. The second-order valence-electron chi connectivity index (χ2n) is 12.4. The summed E-state index contributed by atoms with van der Waals surface area (Å²) >= 11 is 1.74. The van der Waals surface area contributed by atoms with E-state index in [1.165, 1.54) is 92.2 Å². The summed E-state index contributed by atoms with van der Waals surface area (Å²) in [7, 11) is 0. The SMILES string of the molecule is C[Si](C)=[Zr+2].Cc1cc2c(N3CCCc4ccccc43)cccc2[cH-]1.Cc1cc2c(N3CCCc4ccccc43)cccc2[cH-]1.[Cl-].[Cl-]. The molecule has 6 heteroatoms. The van der Waals surface area contributed by atoms with Gasteiger partial charge in [-0.05, 0) is 60.3 Å². The van der Waals surface area contributed by atoms with E-state index in [4.69, 9.17) is 0 Å². The molecule has 0 bridgehead atoms. The van der Waals surface area contributed by atoms with Crippen LogP contribution in [-0.2, 0) is 36.2 Å². The van der Waals surface area contributed by atoms with Crippen molar-refractivity contribution in [2.24, 2.45) is 0 Å². The fourth-order valence-electron chi connectivity index (χ4n) is 6.77. The van der Waals surface area contributed by atoms with Crippen LogP contribution in [0, 0.1) is 13.8 Å². The maximum absolute atomic E-state index is 2.49. The maximum atomic E-state index is 2.49. The van der Waals surface area contributed by atoms with E-state index < -0.39 is 0 Å². The summed E-state index contributed by atoms with van der Waals surface area (Å²) in [5, 5.41) is 5.45. The molecule has 2 heterocycles. The van der Waals surface area contributed by atoms with E-state index in [9.17, 15) is 0 Å². The Bertz CT molecular complexity index is 1790. The monoisotopic (exact) mass is 738 g/mol. The normalized spacial score (nSPS) is 13.3. The summed E-state index contributed by atoms with van der Waals surface area (Å²) in [6, 6.07) is 40.1. The average Bonchev–Trinajstić information content (AvgIpc) is 3.61. The van der Waals surface area contributed by atoms with Crippen LogP contribution in [0.25, 0.3) is 21.5 Å². The third kappa shape index (κ3) is 8.08. The standard InChI is InChI=1S/2C19H18N.C2H6Si.2ClH.Zr/c2*1-14-12-16-7-4-10-19(17(16)13-14)20-11-5-8-15-6-2-3-9-18(15)20;1-3-2;;;/h2*2-4,6-7,9-10,12-13H,5,8,11H2,1H3;1-2H3;2*1H;/q2*-1;;;;+2/p-2. The van der Waals surface area contributed by atoms with E-state index >= 15 is 0 Å². The van der Waals surface area contributed by atoms with Crippen molar-refractivity contribution in [2.45, 2.75) is 52.6 Å². The fraction of sp³-hybridized carbons (Fsp3) is 0.250. The van der Waals surface area contributed by atoms with Crippen LogP contribution in [0.1, 0.15) is 35.1 Å². The molecular formula is C40H42Cl2N2SiZr-2. The first kappa shape index (κ1) is 36.2. The van der Waals surface area contributed by atoms with Crippen LogP contribution in [-0.4, -0.2) is 18.5 Å². The van der Waals surface area contributed by atoms with Crippen LogP contribution in [0.2, 0.25) is 13.1 Å². The van der Waals surface area contributed by atoms with Gasteiger partial charge in [0.15, 0.2) is 0 Å². The molecule has 2 aliphatic rings. The average molecular weight is 741 g/mol. The van der Waals surface area contributed by atoms with Crippen molar-refractivity contribution in [1.82, 2.24) is 0 Å². The molecule has 2 nitrogen and oxygen atoms in total. The second-order valence-corrected chi connectivity index (χ2v) is 21.8. The van der Waals surface area contributed by atoms with Crippen LogP contribution in [0.15, 0.2) is 109 Å². The Morgan fingerprint density at radius 2 is 0.935 bits per heavy atom. The van der Waals surface area contributed by atoms with Crippen molar-refractivity contribution in [3.05, 3.63) is 131 Å². The number of rotatable bonds is 2. The number of anilines is 4. The van der Waals surface area contributed by atoms with Gasteiger partial charge in [0, 0.05) is 24.5 Å². The van der Waals surface area contributed by atoms with Crippen LogP contribution in [0.4, 0.5) is 22.7 Å². The number of halogens is 2. The molecule has 0 aromatic heterocycles. The van der Waals surface area contributed by atoms with E-state index in [-0.39, 0.29) is 30.2 Å². The van der Waals surface area contributed by atoms with Gasteiger partial charge in [0.25, 0.3) is 0 Å². The minimum Gasteiger partial charge on any atom is -1.00 e. The smallest absolute Gasteiger partial charge is 0.0436 e. The Morgan fingerprint density at radius 3 is 1.35 bits per heavy atom. The molecule has 0 fully saturated rings. The van der Waals surface area contributed by atoms with E-state index in [0.29, 0.717) is 0 Å². The first-order valence-electron chi connectivity index (χ1n) is 15.9. The Labute approximate surface area is 302 Å². The van der Waals surface area contributed by atoms with Crippen molar-refractivity contribution in [3.8, 4) is 0 Å². The molecule has 236 valence electrons. The molecule has 0 saturated carbocycles. The fourth-order valence-corrected chi connectivity index (χ4v) is 6.77. The summed E-state index contributed by atoms with van der Waals surface area (Å²) < 4.78 is 0. The molecule has 0 unspecified atom stereocenters. The number of hydrogen-bond donors (Lipinski definition) is 0. The minimum absolute atomic E-state index is 0. The Balaban J connectivity index is 0.000000180. The predicted molar refractivity (Wildman–Crippen MR) is 190 cm³/mol. The van der Waals surface area contributed by atoms with Crippen molar-refractivity contribution in [3.63, 3.8) is 0 Å². The maximum Gasteiger partial charge on any atom is 0.0436 e. The Morgan fingerprint density at radius 1 is 0.565 bits per heavy atom. The molecule has 2 aliphatic heterocycles. The summed E-state index contributed by atoms with van der Waals surface area (Å²) in [5.74, 6) is 0. The van der Waals surface area contributed by atoms with Crippen molar-refractivity contribution in [1.29, 1.82) is 0 Å². The molecule has 0 amide bonds. The van der Waals surface area contributed by atoms with Crippen molar-refractivity contribution >= 4 is 49.7 Å². The van der Waals surface area contributed by atoms with Gasteiger partial charge in [-0.1, -0.05) is 62.4 Å². The van der Waals surface area contributed by atoms with Crippen LogP contribution in [0.5, 0.6) is 0 Å². The molecule has 0 N–H and O–H groups in total. The number of aryl methyl sites for hydroxylation is 4. The van der Waals surface area contributed by atoms with Gasteiger partial charge in [-0.15, -0.1) is 69.1 Å². The zero-order valence-electron chi connectivity index (χ0n) is 27.3. The summed E-state index contributed by atoms with van der Waals surface area (Å²) in [6.45, 7) is 11.2. The molecule has 0 spiro atoms. The van der Waals surface area contributed by atoms with Crippen LogP contribution < -0.4 is 34.6 Å². The third-order valence-corrected chi connectivity index (χ3v) is 8.55. The summed E-state index contributed by atoms with van der Waals surface area (Å²) in [5.41, 5.74) is 11.3. The number of fused-ring (bicyclic) bond motifs is 4. The van der Waals surface area contributed by atoms with Crippen molar-refractivity contribution < 1.29 is 48.1 Å². The number of benzene rings is 4. The van der Waals surface area contributed by atoms with Gasteiger partial charge < -0.3 is 34.6 Å². The van der Waals surface area contributed by atoms with Gasteiger partial charge >= 0.3 is 41.9 Å². The summed E-state index contributed by atoms with van der Waals surface area (Å²) in [4.78, 5) is 4.97. The van der Waals surface area contributed by atoms with Gasteiger partial charge in [-0.2, -0.15) is 12.1 Å². The van der Waals surface area contributed by atoms with Crippen molar-refractivity contribution in [2.75, 3.05) is 22.9 Å². The molecule has 46 heavy (non-hydrogen) atoms. The topological polar surface area (TPSA) is 6.48 Å². The Kier molecular flexibility index (Phi) is 13.0. The first-order chi connectivity index (χ1) is 21.4. The van der Waals surface area contributed by atoms with Gasteiger partial charge in [-0.25, -0.2) is 0 Å². The van der Waals surface area contributed by atoms with Crippen LogP contribution in [0.3, 0.4) is 0 Å². The zero-order chi connectivity index (χ0) is 30.6. The molecule has 0 radical (unpaired) electrons. The molecular weight excluding hydrogens is 699 g/mol. The van der Waals surface area contributed by atoms with E-state index in [1.54, 1.807) is 23.3 Å². The molecule has 8 rings (SSSR count). The molecule has 6 aromatic rings. The van der Waals surface area contributed by atoms with Gasteiger partial charge in [0.2, 0.25) is 0 Å². The number of hydrogen-bond acceptors (Lipinski definition) is 2. The minimum atomic E-state index is 0. The summed E-state index contributed by atoms with van der Waals surface area (Å²) in [6.07, 6.45) is 4.85. The zero-order valence-corrected chi connectivity index (χ0v) is 32.3. The first-order valence-corrected chi connectivity index (χ1v) is 22.1. The van der Waals surface area contributed by atoms with Crippen LogP contribution >= 0.6 is 0 Å². The quantitative estimate of drug-likeness (QED) is 0.188. The molecule has 6 aromatic carbocycles. The van der Waals surface area contributed by atoms with Gasteiger partial charge in [-0.3, -0.25) is 0 Å². The molecule has 0 aliphatic carbocycles. The van der Waals surface area contributed by atoms with E-state index in [0.717, 1.165) is 13.1 Å². The second kappa shape index (κ2) is 16.5. The van der Waals surface area contributed by atoms with Gasteiger partial charge in [0.05, 0.1) is 0 Å². The Hall–Kier alpha value is -2.62. The number of nitrogens with zero attached hydrogens (tertiary/aromatic N) is 2.